The molecule has 1 aliphatic heterocycles. The smallest absolute Gasteiger partial charge is 0.319 e. The SMILES string of the molecule is CCC(CC)(CNC1CCN(C(=O)N(C)C)CC1)SC. The topological polar surface area (TPSA) is 35.6 Å². The molecule has 1 aliphatic rings. The first kappa shape index (κ1) is 17.6. The molecule has 5 heteroatoms. The molecule has 1 rings (SSSR count). The molecule has 0 unspecified atom stereocenters. The zero-order valence-corrected chi connectivity index (χ0v) is 14.6. The van der Waals surface area contributed by atoms with Crippen LogP contribution >= 0.6 is 11.8 Å². The Morgan fingerprint density at radius 3 is 2.25 bits per heavy atom. The number of carbonyl (C=O) groups excluding carboxylic acids is 1. The summed E-state index contributed by atoms with van der Waals surface area (Å²) in [6.45, 7) is 7.38. The normalized spacial score (nSPS) is 17.4. The number of likely N-dealkylation sites (tertiary alicyclic amines) is 1. The standard InChI is InChI=1S/C15H31N3OS/c1-6-15(7-2,20-5)12-16-13-8-10-18(11-9-13)14(19)17(3)4/h13,16H,6-12H2,1-5H3. The average molecular weight is 301 g/mol. The van der Waals surface area contributed by atoms with Crippen molar-refractivity contribution in [1.82, 2.24) is 15.1 Å². The zero-order valence-electron chi connectivity index (χ0n) is 13.7. The van der Waals surface area contributed by atoms with Gasteiger partial charge >= 0.3 is 6.03 Å². The predicted molar refractivity (Wildman–Crippen MR) is 88.5 cm³/mol. The number of hydrogen-bond acceptors (Lipinski definition) is 3. The van der Waals surface area contributed by atoms with E-state index in [-0.39, 0.29) is 6.03 Å². The molecule has 0 aliphatic carbocycles. The van der Waals surface area contributed by atoms with Crippen LogP contribution in [0.5, 0.6) is 0 Å². The Labute approximate surface area is 128 Å². The zero-order chi connectivity index (χ0) is 15.2. The maximum absolute atomic E-state index is 11.9. The Kier molecular flexibility index (Phi) is 7.17. The predicted octanol–water partition coefficient (Wildman–Crippen LogP) is 2.64. The van der Waals surface area contributed by atoms with Crippen LogP contribution in [0.4, 0.5) is 4.79 Å². The Morgan fingerprint density at radius 2 is 1.85 bits per heavy atom. The largest absolute Gasteiger partial charge is 0.331 e. The Balaban J connectivity index is 2.37. The van der Waals surface area contributed by atoms with Gasteiger partial charge in [-0.2, -0.15) is 11.8 Å². The quantitative estimate of drug-likeness (QED) is 0.819. The van der Waals surface area contributed by atoms with Crippen molar-refractivity contribution < 1.29 is 4.79 Å². The maximum atomic E-state index is 11.9. The molecular weight excluding hydrogens is 270 g/mol. The first-order valence-corrected chi connectivity index (χ1v) is 8.95. The van der Waals surface area contributed by atoms with Crippen LogP contribution in [0, 0.1) is 0 Å². The number of nitrogens with one attached hydrogen (secondary N) is 1. The van der Waals surface area contributed by atoms with Crippen LogP contribution in [-0.2, 0) is 0 Å². The van der Waals surface area contributed by atoms with Crippen LogP contribution in [0.3, 0.4) is 0 Å². The van der Waals surface area contributed by atoms with Crippen molar-refractivity contribution in [3.8, 4) is 0 Å². The van der Waals surface area contributed by atoms with Crippen molar-refractivity contribution >= 4 is 17.8 Å². The van der Waals surface area contributed by atoms with E-state index in [9.17, 15) is 4.79 Å². The summed E-state index contributed by atoms with van der Waals surface area (Å²) in [4.78, 5) is 15.5. The molecule has 0 atom stereocenters. The summed E-state index contributed by atoms with van der Waals surface area (Å²) < 4.78 is 0.372. The number of carbonyl (C=O) groups is 1. The maximum Gasteiger partial charge on any atom is 0.319 e. The van der Waals surface area contributed by atoms with Crippen molar-refractivity contribution in [1.29, 1.82) is 0 Å². The van der Waals surface area contributed by atoms with E-state index >= 15 is 0 Å². The molecule has 0 radical (unpaired) electrons. The molecule has 0 aromatic rings. The molecule has 118 valence electrons. The molecule has 0 aromatic heterocycles. The van der Waals surface area contributed by atoms with E-state index in [1.54, 1.807) is 4.90 Å². The van der Waals surface area contributed by atoms with E-state index in [0.29, 0.717) is 10.8 Å². The lowest BCUT2D eigenvalue weighted by molar-refractivity contribution is 0.152. The van der Waals surface area contributed by atoms with Gasteiger partial charge in [-0.05, 0) is 31.9 Å². The van der Waals surface area contributed by atoms with Gasteiger partial charge in [-0.1, -0.05) is 13.8 Å². The van der Waals surface area contributed by atoms with Gasteiger partial charge < -0.3 is 15.1 Å². The van der Waals surface area contributed by atoms with Gasteiger partial charge in [0.25, 0.3) is 0 Å². The summed E-state index contributed by atoms with van der Waals surface area (Å²) in [5.41, 5.74) is 0. The fourth-order valence-corrected chi connectivity index (χ4v) is 3.55. The first-order valence-electron chi connectivity index (χ1n) is 7.72. The van der Waals surface area contributed by atoms with Crippen LogP contribution in [-0.4, -0.2) is 66.6 Å². The number of urea groups is 1. The molecule has 1 saturated heterocycles. The molecule has 20 heavy (non-hydrogen) atoms. The lowest BCUT2D eigenvalue weighted by Gasteiger charge is -2.37. The molecular formula is C15H31N3OS. The molecule has 1 N–H and O–H groups in total. The second-order valence-electron chi connectivity index (χ2n) is 5.91. The molecule has 2 amide bonds. The van der Waals surface area contributed by atoms with Crippen LogP contribution in [0.2, 0.25) is 0 Å². The Hall–Kier alpha value is -0.420. The summed E-state index contributed by atoms with van der Waals surface area (Å²) in [5, 5.41) is 3.73. The van der Waals surface area contributed by atoms with E-state index in [1.165, 1.54) is 12.8 Å². The molecule has 0 saturated carbocycles. The fraction of sp³-hybridized carbons (Fsp3) is 0.933. The highest BCUT2D eigenvalue weighted by molar-refractivity contribution is 8.00. The average Bonchev–Trinajstić information content (AvgIpc) is 2.49. The molecule has 0 aromatic carbocycles. The van der Waals surface area contributed by atoms with Gasteiger partial charge in [0.1, 0.15) is 0 Å². The van der Waals surface area contributed by atoms with Crippen molar-refractivity contribution in [3.05, 3.63) is 0 Å². The van der Waals surface area contributed by atoms with Crippen molar-refractivity contribution in [3.63, 3.8) is 0 Å². The number of hydrogen-bond donors (Lipinski definition) is 1. The monoisotopic (exact) mass is 301 g/mol. The van der Waals surface area contributed by atoms with E-state index < -0.39 is 0 Å². The third kappa shape index (κ3) is 4.55. The third-order valence-corrected chi connectivity index (χ3v) is 6.17. The lowest BCUT2D eigenvalue weighted by Crippen LogP contribution is -2.50. The number of amides is 2. The minimum Gasteiger partial charge on any atom is -0.331 e. The van der Waals surface area contributed by atoms with Gasteiger partial charge in [0.2, 0.25) is 0 Å². The van der Waals surface area contributed by atoms with Crippen LogP contribution < -0.4 is 5.32 Å². The van der Waals surface area contributed by atoms with E-state index in [0.717, 1.165) is 32.5 Å². The number of rotatable bonds is 6. The molecule has 1 heterocycles. The first-order chi connectivity index (χ1) is 9.48. The summed E-state index contributed by atoms with van der Waals surface area (Å²) in [5.74, 6) is 0. The van der Waals surface area contributed by atoms with E-state index in [1.807, 2.05) is 30.8 Å². The molecule has 4 nitrogen and oxygen atoms in total. The van der Waals surface area contributed by atoms with E-state index in [4.69, 9.17) is 0 Å². The molecule has 1 fully saturated rings. The number of nitrogens with zero attached hydrogens (tertiary/aromatic N) is 2. The van der Waals surface area contributed by atoms with Gasteiger partial charge in [-0.15, -0.1) is 0 Å². The minimum absolute atomic E-state index is 0.143. The highest BCUT2D eigenvalue weighted by Crippen LogP contribution is 2.30. The number of piperidine rings is 1. The van der Waals surface area contributed by atoms with Crippen molar-refractivity contribution in [2.75, 3.05) is 40.0 Å². The molecule has 0 bridgehead atoms. The van der Waals surface area contributed by atoms with Gasteiger partial charge in [-0.25, -0.2) is 4.79 Å². The second-order valence-corrected chi connectivity index (χ2v) is 7.19. The Bertz CT molecular complexity index is 289. The molecule has 0 spiro atoms. The van der Waals surface area contributed by atoms with Gasteiger partial charge in [-0.3, -0.25) is 0 Å². The van der Waals surface area contributed by atoms with Crippen LogP contribution in [0.25, 0.3) is 0 Å². The van der Waals surface area contributed by atoms with Crippen LogP contribution in [0.1, 0.15) is 39.5 Å². The summed E-state index contributed by atoms with van der Waals surface area (Å²) >= 11 is 1.98. The van der Waals surface area contributed by atoms with Gasteiger partial charge in [0, 0.05) is 44.5 Å². The lowest BCUT2D eigenvalue weighted by atomic mass is 9.99. The summed E-state index contributed by atoms with van der Waals surface area (Å²) in [7, 11) is 3.64. The minimum atomic E-state index is 0.143. The highest BCUT2D eigenvalue weighted by Gasteiger charge is 2.28. The highest BCUT2D eigenvalue weighted by atomic mass is 32.2. The van der Waals surface area contributed by atoms with Crippen LogP contribution in [0.15, 0.2) is 0 Å². The van der Waals surface area contributed by atoms with Gasteiger partial charge in [0.05, 0.1) is 0 Å². The Morgan fingerprint density at radius 1 is 1.30 bits per heavy atom. The summed E-state index contributed by atoms with van der Waals surface area (Å²) in [6.07, 6.45) is 6.76. The van der Waals surface area contributed by atoms with E-state index in [2.05, 4.69) is 25.4 Å². The van der Waals surface area contributed by atoms with Crippen molar-refractivity contribution in [2.24, 2.45) is 0 Å². The number of thioether (sulfide) groups is 1. The second kappa shape index (κ2) is 8.13. The van der Waals surface area contributed by atoms with Crippen molar-refractivity contribution in [2.45, 2.75) is 50.3 Å². The third-order valence-electron chi connectivity index (χ3n) is 4.58. The van der Waals surface area contributed by atoms with Gasteiger partial charge in [0.15, 0.2) is 0 Å². The summed E-state index contributed by atoms with van der Waals surface area (Å²) in [6, 6.07) is 0.704. The fourth-order valence-electron chi connectivity index (χ4n) is 2.75.